The molecular weight excluding hydrogens is 372 g/mol. The number of para-hydroxylation sites is 1. The Morgan fingerprint density at radius 1 is 1.04 bits per heavy atom. The number of rotatable bonds is 5. The van der Waals surface area contributed by atoms with Crippen LogP contribution in [-0.4, -0.2) is 16.9 Å². The first kappa shape index (κ1) is 19.8. The second-order valence-electron chi connectivity index (χ2n) is 6.66. The molecule has 3 aromatic rings. The average molecular weight is 394 g/mol. The monoisotopic (exact) mass is 394 g/mol. The Hall–Kier alpha value is -2.99. The summed E-state index contributed by atoms with van der Waals surface area (Å²) in [5.74, 6) is -0.511. The maximum atomic E-state index is 12.3. The van der Waals surface area contributed by atoms with Gasteiger partial charge in [0.25, 0.3) is 0 Å². The molecule has 1 aromatic heterocycles. The fraction of sp³-hybridized carbons (Fsp3) is 0.227. The lowest BCUT2D eigenvalue weighted by atomic mass is 10.1. The van der Waals surface area contributed by atoms with E-state index in [1.807, 2.05) is 51.1 Å². The predicted octanol–water partition coefficient (Wildman–Crippen LogP) is 5.11. The number of hydrogen-bond acceptors (Lipinski definition) is 5. The van der Waals surface area contributed by atoms with Crippen molar-refractivity contribution in [3.8, 4) is 0 Å². The van der Waals surface area contributed by atoms with Crippen LogP contribution in [0.15, 0.2) is 47.8 Å². The lowest BCUT2D eigenvalue weighted by Gasteiger charge is -2.22. The van der Waals surface area contributed by atoms with Gasteiger partial charge in [0.05, 0.1) is 16.9 Å². The largest absolute Gasteiger partial charge is 0.456 e. The van der Waals surface area contributed by atoms with Crippen molar-refractivity contribution in [3.63, 3.8) is 0 Å². The number of esters is 1. The maximum Gasteiger partial charge on any atom is 0.338 e. The molecule has 28 heavy (non-hydrogen) atoms. The van der Waals surface area contributed by atoms with Crippen LogP contribution in [0.1, 0.15) is 39.7 Å². The van der Waals surface area contributed by atoms with Crippen molar-refractivity contribution in [1.82, 2.24) is 4.98 Å². The van der Waals surface area contributed by atoms with Crippen molar-refractivity contribution in [2.45, 2.75) is 34.3 Å². The van der Waals surface area contributed by atoms with Gasteiger partial charge in [0.1, 0.15) is 6.61 Å². The van der Waals surface area contributed by atoms with Crippen molar-refractivity contribution in [1.29, 1.82) is 0 Å². The molecule has 0 radical (unpaired) electrons. The lowest BCUT2D eigenvalue weighted by molar-refractivity contribution is -0.115. The van der Waals surface area contributed by atoms with Gasteiger partial charge in [-0.05, 0) is 44.0 Å². The highest BCUT2D eigenvalue weighted by Crippen LogP contribution is 2.33. The summed E-state index contributed by atoms with van der Waals surface area (Å²) in [7, 11) is 0. The highest BCUT2D eigenvalue weighted by Gasteiger charge is 2.21. The van der Waals surface area contributed by atoms with E-state index in [2.05, 4.69) is 4.98 Å². The van der Waals surface area contributed by atoms with Crippen molar-refractivity contribution in [3.05, 3.63) is 75.8 Å². The summed E-state index contributed by atoms with van der Waals surface area (Å²) in [6.07, 6.45) is 0. The number of benzene rings is 2. The molecule has 0 aliphatic rings. The molecule has 0 bridgehead atoms. The molecule has 0 unspecified atom stereocenters. The topological polar surface area (TPSA) is 59.5 Å². The normalized spacial score (nSPS) is 10.6. The fourth-order valence-electron chi connectivity index (χ4n) is 2.92. The quantitative estimate of drug-likeness (QED) is 0.564. The molecule has 1 heterocycles. The van der Waals surface area contributed by atoms with Gasteiger partial charge in [-0.3, -0.25) is 9.69 Å². The third-order valence-electron chi connectivity index (χ3n) is 4.35. The van der Waals surface area contributed by atoms with Crippen molar-refractivity contribution < 1.29 is 14.3 Å². The average Bonchev–Trinajstić information content (AvgIpc) is 3.11. The van der Waals surface area contributed by atoms with Crippen molar-refractivity contribution >= 4 is 34.0 Å². The summed E-state index contributed by atoms with van der Waals surface area (Å²) in [6.45, 7) is 7.47. The summed E-state index contributed by atoms with van der Waals surface area (Å²) in [6, 6.07) is 13.1. The summed E-state index contributed by atoms with van der Waals surface area (Å²) >= 11 is 1.35. The van der Waals surface area contributed by atoms with Gasteiger partial charge in [0.2, 0.25) is 5.91 Å². The number of carbonyl (C=O) groups excluding carboxylic acids is 2. The summed E-state index contributed by atoms with van der Waals surface area (Å²) in [4.78, 5) is 30.7. The van der Waals surface area contributed by atoms with Crippen LogP contribution in [0.2, 0.25) is 0 Å². The van der Waals surface area contributed by atoms with Crippen LogP contribution < -0.4 is 4.90 Å². The van der Waals surface area contributed by atoms with Gasteiger partial charge in [-0.15, -0.1) is 11.3 Å². The number of aryl methyl sites for hydroxylation is 3. The van der Waals surface area contributed by atoms with E-state index in [-0.39, 0.29) is 12.5 Å². The first-order chi connectivity index (χ1) is 13.4. The van der Waals surface area contributed by atoms with Gasteiger partial charge in [-0.25, -0.2) is 9.78 Å². The Morgan fingerprint density at radius 3 is 2.29 bits per heavy atom. The molecule has 0 fully saturated rings. The molecule has 6 heteroatoms. The number of amides is 1. The van der Waals surface area contributed by atoms with Crippen LogP contribution in [0.5, 0.6) is 0 Å². The molecule has 144 valence electrons. The third kappa shape index (κ3) is 4.28. The molecule has 0 spiro atoms. The molecule has 0 N–H and O–H groups in total. The Morgan fingerprint density at radius 2 is 1.68 bits per heavy atom. The van der Waals surface area contributed by atoms with E-state index >= 15 is 0 Å². The molecule has 0 aliphatic heterocycles. The fourth-order valence-corrected chi connectivity index (χ4v) is 3.78. The highest BCUT2D eigenvalue weighted by molar-refractivity contribution is 7.14. The third-order valence-corrected chi connectivity index (χ3v) is 5.22. The van der Waals surface area contributed by atoms with Gasteiger partial charge in [-0.1, -0.05) is 35.9 Å². The molecular formula is C22H22N2O3S. The van der Waals surface area contributed by atoms with E-state index in [1.54, 1.807) is 22.4 Å². The van der Waals surface area contributed by atoms with Crippen LogP contribution in [0.25, 0.3) is 0 Å². The van der Waals surface area contributed by atoms with E-state index < -0.39 is 5.97 Å². The Labute approximate surface area is 168 Å². The second-order valence-corrected chi connectivity index (χ2v) is 7.49. The van der Waals surface area contributed by atoms with Crippen molar-refractivity contribution in [2.24, 2.45) is 0 Å². The zero-order valence-electron chi connectivity index (χ0n) is 16.4. The SMILES string of the molecule is CC(=O)N(c1nc(COC(=O)c2ccc(C)cc2)cs1)c1c(C)cccc1C. The molecule has 3 rings (SSSR count). The molecule has 2 aromatic carbocycles. The molecule has 0 saturated heterocycles. The Balaban J connectivity index is 1.77. The van der Waals surface area contributed by atoms with Crippen LogP contribution >= 0.6 is 11.3 Å². The standard InChI is InChI=1S/C22H22N2O3S/c1-14-8-10-18(11-9-14)21(26)27-12-19-13-28-22(23-19)24(17(4)25)20-15(2)6-5-7-16(20)3/h5-11,13H,12H2,1-4H3. The van der Waals surface area contributed by atoms with Crippen LogP contribution in [-0.2, 0) is 16.1 Å². The number of hydrogen-bond donors (Lipinski definition) is 0. The minimum Gasteiger partial charge on any atom is -0.456 e. The number of thiazole rings is 1. The van der Waals surface area contributed by atoms with E-state index in [4.69, 9.17) is 4.74 Å². The lowest BCUT2D eigenvalue weighted by Crippen LogP contribution is -2.24. The van der Waals surface area contributed by atoms with Gasteiger partial charge < -0.3 is 4.74 Å². The van der Waals surface area contributed by atoms with Crippen LogP contribution in [0.4, 0.5) is 10.8 Å². The zero-order chi connectivity index (χ0) is 20.3. The Kier molecular flexibility index (Phi) is 5.90. The first-order valence-electron chi connectivity index (χ1n) is 8.92. The molecule has 0 aliphatic carbocycles. The summed E-state index contributed by atoms with van der Waals surface area (Å²) in [5.41, 5.74) is 5.03. The van der Waals surface area contributed by atoms with Gasteiger partial charge in [-0.2, -0.15) is 0 Å². The Bertz CT molecular complexity index is 989. The number of aromatic nitrogens is 1. The second kappa shape index (κ2) is 8.35. The minimum atomic E-state index is -0.396. The number of anilines is 2. The first-order valence-corrected chi connectivity index (χ1v) is 9.80. The molecule has 0 saturated carbocycles. The summed E-state index contributed by atoms with van der Waals surface area (Å²) < 4.78 is 5.36. The van der Waals surface area contributed by atoms with E-state index in [1.165, 1.54) is 18.3 Å². The number of nitrogens with zero attached hydrogens (tertiary/aromatic N) is 2. The van der Waals surface area contributed by atoms with Crippen LogP contribution in [0, 0.1) is 20.8 Å². The van der Waals surface area contributed by atoms with E-state index in [9.17, 15) is 9.59 Å². The molecule has 0 atom stereocenters. The summed E-state index contributed by atoms with van der Waals surface area (Å²) in [5, 5.41) is 2.37. The van der Waals surface area contributed by atoms with Crippen molar-refractivity contribution in [2.75, 3.05) is 4.90 Å². The molecule has 5 nitrogen and oxygen atoms in total. The van der Waals surface area contributed by atoms with Gasteiger partial charge in [0, 0.05) is 12.3 Å². The van der Waals surface area contributed by atoms with Crippen LogP contribution in [0.3, 0.4) is 0 Å². The van der Waals surface area contributed by atoms with Gasteiger partial charge >= 0.3 is 5.97 Å². The smallest absolute Gasteiger partial charge is 0.338 e. The number of ether oxygens (including phenoxy) is 1. The van der Waals surface area contributed by atoms with Gasteiger partial charge in [0.15, 0.2) is 5.13 Å². The predicted molar refractivity (Wildman–Crippen MR) is 111 cm³/mol. The zero-order valence-corrected chi connectivity index (χ0v) is 17.2. The maximum absolute atomic E-state index is 12.3. The highest BCUT2D eigenvalue weighted by atomic mass is 32.1. The molecule has 1 amide bonds. The van der Waals surface area contributed by atoms with E-state index in [0.717, 1.165) is 22.4 Å². The minimum absolute atomic E-state index is 0.0573. The number of carbonyl (C=O) groups is 2. The van der Waals surface area contributed by atoms with E-state index in [0.29, 0.717) is 16.4 Å².